The molecule has 0 spiro atoms. The maximum absolute atomic E-state index is 13.6. The van der Waals surface area contributed by atoms with Crippen LogP contribution in [-0.2, 0) is 22.4 Å². The van der Waals surface area contributed by atoms with Crippen LogP contribution >= 0.6 is 0 Å². The van der Waals surface area contributed by atoms with Gasteiger partial charge in [0.2, 0.25) is 0 Å². The van der Waals surface area contributed by atoms with Gasteiger partial charge >= 0.3 is 0 Å². The first-order valence-electron chi connectivity index (χ1n) is 12.8. The number of benzene rings is 3. The van der Waals surface area contributed by atoms with Crippen molar-refractivity contribution in [3.05, 3.63) is 88.5 Å². The molecule has 1 atom stereocenters. The van der Waals surface area contributed by atoms with E-state index in [4.69, 9.17) is 9.47 Å². The van der Waals surface area contributed by atoms with Gasteiger partial charge in [-0.25, -0.2) is 0 Å². The highest BCUT2D eigenvalue weighted by atomic mass is 16.5. The number of Topliss-reactive ketones (excluding diaryl/α,β-unsaturated/α-hetero) is 1. The topological polar surface area (TPSA) is 79.3 Å². The summed E-state index contributed by atoms with van der Waals surface area (Å²) >= 11 is 0. The van der Waals surface area contributed by atoms with Crippen LogP contribution in [0.4, 0.5) is 11.4 Å². The Kier molecular flexibility index (Phi) is 6.85. The Bertz CT molecular complexity index is 1400. The third kappa shape index (κ3) is 4.49. The lowest BCUT2D eigenvalue weighted by Crippen LogP contribution is -2.29. The molecule has 2 aliphatic rings. The molecule has 0 bridgehead atoms. The predicted octanol–water partition coefficient (Wildman–Crippen LogP) is 5.27. The molecule has 1 amide bonds. The number of rotatable bonds is 6. The van der Waals surface area contributed by atoms with Gasteiger partial charge in [0, 0.05) is 43.5 Å². The molecule has 5 rings (SSSR count). The zero-order valence-electron chi connectivity index (χ0n) is 22.2. The lowest BCUT2D eigenvalue weighted by molar-refractivity contribution is -0.132. The molecule has 1 fully saturated rings. The second kappa shape index (κ2) is 10.2. The average Bonchev–Trinajstić information content (AvgIpc) is 3.21. The molecule has 3 aromatic carbocycles. The van der Waals surface area contributed by atoms with Gasteiger partial charge in [0.1, 0.15) is 17.3 Å². The molecule has 7 heteroatoms. The summed E-state index contributed by atoms with van der Waals surface area (Å²) in [5.74, 6) is -0.656. The summed E-state index contributed by atoms with van der Waals surface area (Å²) in [6.07, 6.45) is 4.19. The van der Waals surface area contributed by atoms with Crippen LogP contribution in [0.25, 0.3) is 5.76 Å². The van der Waals surface area contributed by atoms with Crippen molar-refractivity contribution < 1.29 is 24.2 Å². The Morgan fingerprint density at radius 2 is 1.50 bits per heavy atom. The summed E-state index contributed by atoms with van der Waals surface area (Å²) in [4.78, 5) is 30.6. The van der Waals surface area contributed by atoms with Crippen LogP contribution in [-0.4, -0.2) is 45.1 Å². The van der Waals surface area contributed by atoms with Gasteiger partial charge in [-0.05, 0) is 60.6 Å². The number of ketones is 1. The number of hydrogen-bond acceptors (Lipinski definition) is 6. The van der Waals surface area contributed by atoms with Gasteiger partial charge in [-0.15, -0.1) is 0 Å². The van der Waals surface area contributed by atoms with Gasteiger partial charge in [-0.1, -0.05) is 24.3 Å². The first kappa shape index (κ1) is 25.4. The van der Waals surface area contributed by atoms with Crippen molar-refractivity contribution in [2.75, 3.05) is 38.1 Å². The fourth-order valence-electron chi connectivity index (χ4n) is 5.34. The van der Waals surface area contributed by atoms with Crippen LogP contribution < -0.4 is 19.3 Å². The van der Waals surface area contributed by atoms with Gasteiger partial charge in [0.15, 0.2) is 0 Å². The molecule has 0 radical (unpaired) electrons. The van der Waals surface area contributed by atoms with Gasteiger partial charge in [-0.3, -0.25) is 14.5 Å². The monoisotopic (exact) mass is 512 g/mol. The van der Waals surface area contributed by atoms with Crippen molar-refractivity contribution in [2.45, 2.75) is 31.7 Å². The molecule has 1 heterocycles. The van der Waals surface area contributed by atoms with E-state index < -0.39 is 17.7 Å². The van der Waals surface area contributed by atoms with Crippen molar-refractivity contribution >= 4 is 28.8 Å². The number of amides is 1. The number of aryl methyl sites for hydroxylation is 2. The molecule has 0 aromatic heterocycles. The third-order valence-corrected chi connectivity index (χ3v) is 7.41. The van der Waals surface area contributed by atoms with Crippen molar-refractivity contribution in [2.24, 2.45) is 0 Å². The minimum atomic E-state index is -0.834. The summed E-state index contributed by atoms with van der Waals surface area (Å²) in [5, 5.41) is 11.6. The highest BCUT2D eigenvalue weighted by molar-refractivity contribution is 6.51. The highest BCUT2D eigenvalue weighted by Crippen LogP contribution is 2.44. The van der Waals surface area contributed by atoms with E-state index in [-0.39, 0.29) is 11.3 Å². The second-order valence-corrected chi connectivity index (χ2v) is 9.92. The normalized spacial score (nSPS) is 18.3. The molecule has 1 aliphatic carbocycles. The van der Waals surface area contributed by atoms with Crippen LogP contribution in [0.3, 0.4) is 0 Å². The van der Waals surface area contributed by atoms with E-state index in [1.165, 1.54) is 30.2 Å². The summed E-state index contributed by atoms with van der Waals surface area (Å²) < 4.78 is 10.9. The molecule has 1 aliphatic heterocycles. The number of fused-ring (bicyclic) bond motifs is 1. The van der Waals surface area contributed by atoms with Gasteiger partial charge in [0.05, 0.1) is 31.5 Å². The molecule has 196 valence electrons. The Hall–Kier alpha value is -4.26. The van der Waals surface area contributed by atoms with Crippen LogP contribution in [0.5, 0.6) is 11.5 Å². The van der Waals surface area contributed by atoms with Crippen molar-refractivity contribution in [1.82, 2.24) is 0 Å². The maximum Gasteiger partial charge on any atom is 0.300 e. The largest absolute Gasteiger partial charge is 0.507 e. The van der Waals surface area contributed by atoms with Gasteiger partial charge < -0.3 is 19.5 Å². The molecule has 1 N–H and O–H groups in total. The summed E-state index contributed by atoms with van der Waals surface area (Å²) in [6, 6.07) is 17.7. The first-order chi connectivity index (χ1) is 18.3. The minimum absolute atomic E-state index is 0.0603. The fourth-order valence-corrected chi connectivity index (χ4v) is 5.34. The van der Waals surface area contributed by atoms with Gasteiger partial charge in [-0.2, -0.15) is 0 Å². The van der Waals surface area contributed by atoms with E-state index in [2.05, 4.69) is 0 Å². The number of ether oxygens (including phenoxy) is 2. The number of hydrogen-bond donors (Lipinski definition) is 1. The van der Waals surface area contributed by atoms with Crippen molar-refractivity contribution in [3.63, 3.8) is 0 Å². The van der Waals surface area contributed by atoms with Crippen molar-refractivity contribution in [1.29, 1.82) is 0 Å². The summed E-state index contributed by atoms with van der Waals surface area (Å²) in [5.41, 5.74) is 5.17. The Morgan fingerprint density at radius 3 is 2.11 bits per heavy atom. The predicted molar refractivity (Wildman–Crippen MR) is 148 cm³/mol. The van der Waals surface area contributed by atoms with E-state index in [0.29, 0.717) is 28.3 Å². The fraction of sp³-hybridized carbons (Fsp3) is 0.290. The quantitative estimate of drug-likeness (QED) is 0.275. The van der Waals surface area contributed by atoms with E-state index in [1.54, 1.807) is 18.2 Å². The molecule has 0 saturated carbocycles. The third-order valence-electron chi connectivity index (χ3n) is 7.41. The zero-order chi connectivity index (χ0) is 27.0. The van der Waals surface area contributed by atoms with Crippen LogP contribution in [0.2, 0.25) is 0 Å². The smallest absolute Gasteiger partial charge is 0.300 e. The van der Waals surface area contributed by atoms with Crippen LogP contribution in [0, 0.1) is 0 Å². The lowest BCUT2D eigenvalue weighted by Gasteiger charge is -2.27. The number of aliphatic hydroxyl groups excluding tert-OH is 1. The molecular weight excluding hydrogens is 480 g/mol. The highest BCUT2D eigenvalue weighted by Gasteiger charge is 2.47. The second-order valence-electron chi connectivity index (χ2n) is 9.92. The van der Waals surface area contributed by atoms with E-state index >= 15 is 0 Å². The van der Waals surface area contributed by atoms with Gasteiger partial charge in [0.25, 0.3) is 11.7 Å². The van der Waals surface area contributed by atoms with E-state index in [9.17, 15) is 14.7 Å². The van der Waals surface area contributed by atoms with E-state index in [0.717, 1.165) is 31.4 Å². The van der Waals surface area contributed by atoms with Crippen molar-refractivity contribution in [3.8, 4) is 11.5 Å². The zero-order valence-corrected chi connectivity index (χ0v) is 22.2. The molecule has 38 heavy (non-hydrogen) atoms. The SMILES string of the molecule is COc1cc(OC)cc(N2C(=O)C(=O)/C(=C(\O)c3ccc4c(c3)CCCC4)C2c2ccc(N(C)C)cc2)c1. The number of nitrogens with zero attached hydrogens (tertiary/aromatic N) is 2. The Morgan fingerprint density at radius 1 is 0.868 bits per heavy atom. The summed E-state index contributed by atoms with van der Waals surface area (Å²) in [6.45, 7) is 0. The Balaban J connectivity index is 1.70. The molecule has 1 saturated heterocycles. The minimum Gasteiger partial charge on any atom is -0.507 e. The number of methoxy groups -OCH3 is 2. The maximum atomic E-state index is 13.6. The first-order valence-corrected chi connectivity index (χ1v) is 12.8. The van der Waals surface area contributed by atoms with Crippen LogP contribution in [0.15, 0.2) is 66.2 Å². The molecule has 3 aromatic rings. The number of carbonyl (C=O) groups is 2. The van der Waals surface area contributed by atoms with E-state index in [1.807, 2.05) is 61.5 Å². The lowest BCUT2D eigenvalue weighted by atomic mass is 9.88. The number of aliphatic hydroxyl groups is 1. The standard InChI is InChI=1S/C31H32N2O5/c1-32(2)23-13-11-20(12-14-23)28-27(29(34)22-10-9-19-7-5-6-8-21(19)15-22)30(35)31(36)33(28)24-16-25(37-3)18-26(17-24)38-4/h9-18,28,34H,5-8H2,1-4H3/b29-27-. The number of anilines is 2. The van der Waals surface area contributed by atoms with Crippen LogP contribution in [0.1, 0.15) is 41.1 Å². The summed E-state index contributed by atoms with van der Waals surface area (Å²) in [7, 11) is 6.94. The molecule has 7 nitrogen and oxygen atoms in total. The average molecular weight is 513 g/mol. The number of carbonyl (C=O) groups excluding carboxylic acids is 2. The Labute approximate surface area is 222 Å². The molecular formula is C31H32N2O5. The molecule has 1 unspecified atom stereocenters.